The third-order valence-electron chi connectivity index (χ3n) is 3.10. The van der Waals surface area contributed by atoms with Crippen LogP contribution in [0.2, 0.25) is 5.02 Å². The van der Waals surface area contributed by atoms with Crippen LogP contribution in [0.5, 0.6) is 5.75 Å². The molecule has 0 saturated carbocycles. The van der Waals surface area contributed by atoms with E-state index >= 15 is 0 Å². The van der Waals surface area contributed by atoms with Gasteiger partial charge < -0.3 is 10.1 Å². The van der Waals surface area contributed by atoms with Crippen molar-refractivity contribution in [2.45, 2.75) is 46.1 Å². The molecule has 0 heterocycles. The zero-order chi connectivity index (χ0) is 14.5. The minimum Gasteiger partial charge on any atom is -0.496 e. The molecular weight excluding hydrogens is 258 g/mol. The second-order valence-corrected chi connectivity index (χ2v) is 6.67. The van der Waals surface area contributed by atoms with Gasteiger partial charge >= 0.3 is 0 Å². The summed E-state index contributed by atoms with van der Waals surface area (Å²) in [6, 6.07) is 5.82. The first-order chi connectivity index (χ1) is 8.81. The van der Waals surface area contributed by atoms with Gasteiger partial charge in [-0.1, -0.05) is 18.5 Å². The highest BCUT2D eigenvalue weighted by Gasteiger charge is 2.12. The average molecular weight is 284 g/mol. The maximum atomic E-state index is 6.05. The summed E-state index contributed by atoms with van der Waals surface area (Å²) in [5.41, 5.74) is 1.38. The van der Waals surface area contributed by atoms with Gasteiger partial charge in [-0.3, -0.25) is 0 Å². The number of hydrogen-bond acceptors (Lipinski definition) is 2. The second kappa shape index (κ2) is 7.16. The Bertz CT molecular complexity index is 398. The third-order valence-corrected chi connectivity index (χ3v) is 3.34. The largest absolute Gasteiger partial charge is 0.496 e. The number of methoxy groups -OCH3 is 1. The highest BCUT2D eigenvalue weighted by Crippen LogP contribution is 2.25. The predicted octanol–water partition coefficient (Wildman–Crippen LogP) is 4.31. The number of halogens is 1. The third kappa shape index (κ3) is 6.31. The predicted molar refractivity (Wildman–Crippen MR) is 83.2 cm³/mol. The van der Waals surface area contributed by atoms with Crippen molar-refractivity contribution in [2.24, 2.45) is 5.92 Å². The number of rotatable bonds is 6. The van der Waals surface area contributed by atoms with Crippen molar-refractivity contribution >= 4 is 11.6 Å². The molecule has 0 spiro atoms. The van der Waals surface area contributed by atoms with Crippen LogP contribution >= 0.6 is 11.6 Å². The van der Waals surface area contributed by atoms with Crippen molar-refractivity contribution in [3.8, 4) is 5.75 Å². The van der Waals surface area contributed by atoms with Gasteiger partial charge in [0.25, 0.3) is 0 Å². The highest BCUT2D eigenvalue weighted by molar-refractivity contribution is 6.30. The maximum Gasteiger partial charge on any atom is 0.122 e. The second-order valence-electron chi connectivity index (χ2n) is 6.23. The van der Waals surface area contributed by atoms with Crippen molar-refractivity contribution in [1.82, 2.24) is 5.32 Å². The molecule has 1 N–H and O–H groups in total. The number of hydrogen-bond donors (Lipinski definition) is 1. The van der Waals surface area contributed by atoms with Gasteiger partial charge in [0.15, 0.2) is 0 Å². The molecule has 1 aromatic carbocycles. The number of ether oxygens (including phenoxy) is 1. The van der Waals surface area contributed by atoms with Crippen LogP contribution in [0.1, 0.15) is 39.7 Å². The highest BCUT2D eigenvalue weighted by atomic mass is 35.5. The summed E-state index contributed by atoms with van der Waals surface area (Å²) in [5.74, 6) is 1.53. The molecule has 3 heteroatoms. The Balaban J connectivity index is 2.52. The van der Waals surface area contributed by atoms with Crippen LogP contribution in [-0.2, 0) is 6.42 Å². The lowest BCUT2D eigenvalue weighted by atomic mass is 9.97. The van der Waals surface area contributed by atoms with Crippen molar-refractivity contribution in [3.63, 3.8) is 0 Å². The van der Waals surface area contributed by atoms with Crippen molar-refractivity contribution in [1.29, 1.82) is 0 Å². The Morgan fingerprint density at radius 3 is 2.58 bits per heavy atom. The first-order valence-corrected chi connectivity index (χ1v) is 7.27. The van der Waals surface area contributed by atoms with E-state index in [1.165, 1.54) is 5.56 Å². The molecule has 19 heavy (non-hydrogen) atoms. The van der Waals surface area contributed by atoms with Crippen molar-refractivity contribution < 1.29 is 4.74 Å². The van der Waals surface area contributed by atoms with E-state index in [4.69, 9.17) is 16.3 Å². The van der Waals surface area contributed by atoms with Crippen LogP contribution in [0, 0.1) is 5.92 Å². The number of nitrogens with one attached hydrogen (secondary N) is 1. The fourth-order valence-corrected chi connectivity index (χ4v) is 2.27. The van der Waals surface area contributed by atoms with E-state index in [0.29, 0.717) is 5.92 Å². The van der Waals surface area contributed by atoms with Gasteiger partial charge in [-0.2, -0.15) is 0 Å². The van der Waals surface area contributed by atoms with Gasteiger partial charge in [0, 0.05) is 10.6 Å². The lowest BCUT2D eigenvalue weighted by Gasteiger charge is -2.22. The Labute approximate surface area is 122 Å². The van der Waals surface area contributed by atoms with Crippen LogP contribution in [0.3, 0.4) is 0 Å². The van der Waals surface area contributed by atoms with Crippen LogP contribution in [0.15, 0.2) is 18.2 Å². The molecule has 0 aliphatic heterocycles. The van der Waals surface area contributed by atoms with E-state index in [9.17, 15) is 0 Å². The first-order valence-electron chi connectivity index (χ1n) is 6.89. The summed E-state index contributed by atoms with van der Waals surface area (Å²) in [4.78, 5) is 0. The minimum absolute atomic E-state index is 0.188. The molecule has 0 amide bonds. The molecule has 2 nitrogen and oxygen atoms in total. The van der Waals surface area contributed by atoms with Gasteiger partial charge in [0.05, 0.1) is 7.11 Å². The summed E-state index contributed by atoms with van der Waals surface area (Å²) >= 11 is 6.05. The molecule has 0 saturated heterocycles. The molecule has 0 bridgehead atoms. The van der Waals surface area contributed by atoms with Gasteiger partial charge in [-0.15, -0.1) is 0 Å². The van der Waals surface area contributed by atoms with Crippen molar-refractivity contribution in [3.05, 3.63) is 28.8 Å². The quantitative estimate of drug-likeness (QED) is 0.840. The zero-order valence-corrected chi connectivity index (χ0v) is 13.5. The molecule has 1 atom stereocenters. The average Bonchev–Trinajstić information content (AvgIpc) is 2.27. The SMILES string of the molecule is COc1ccc(Cl)cc1CC(C)CCNC(C)(C)C. The molecule has 108 valence electrons. The van der Waals surface area contributed by atoms with E-state index in [-0.39, 0.29) is 5.54 Å². The lowest BCUT2D eigenvalue weighted by molar-refractivity contribution is 0.385. The Hall–Kier alpha value is -0.730. The Morgan fingerprint density at radius 1 is 1.32 bits per heavy atom. The van der Waals surface area contributed by atoms with E-state index in [0.717, 1.165) is 30.2 Å². The molecule has 0 aromatic heterocycles. The van der Waals surface area contributed by atoms with Crippen LogP contribution in [0.4, 0.5) is 0 Å². The molecule has 1 rings (SSSR count). The topological polar surface area (TPSA) is 21.3 Å². The number of benzene rings is 1. The summed E-state index contributed by atoms with van der Waals surface area (Å²) in [7, 11) is 1.71. The van der Waals surface area contributed by atoms with Gasteiger partial charge in [0.2, 0.25) is 0 Å². The summed E-state index contributed by atoms with van der Waals surface area (Å²) in [6.45, 7) is 9.88. The first kappa shape index (κ1) is 16.3. The molecule has 1 unspecified atom stereocenters. The molecule has 0 aliphatic carbocycles. The van der Waals surface area contributed by atoms with Gasteiger partial charge in [0.1, 0.15) is 5.75 Å². The smallest absolute Gasteiger partial charge is 0.122 e. The Kier molecular flexibility index (Phi) is 6.15. The summed E-state index contributed by atoms with van der Waals surface area (Å²) in [5, 5.41) is 4.30. The van der Waals surface area contributed by atoms with Crippen LogP contribution in [0.25, 0.3) is 0 Å². The zero-order valence-electron chi connectivity index (χ0n) is 12.7. The minimum atomic E-state index is 0.188. The molecule has 0 fully saturated rings. The van der Waals surface area contributed by atoms with E-state index < -0.39 is 0 Å². The van der Waals surface area contributed by atoms with E-state index in [2.05, 4.69) is 33.0 Å². The fourth-order valence-electron chi connectivity index (χ4n) is 2.08. The molecule has 1 aromatic rings. The molecular formula is C16H26ClNO. The van der Waals surface area contributed by atoms with Crippen LogP contribution in [-0.4, -0.2) is 19.2 Å². The van der Waals surface area contributed by atoms with Crippen molar-refractivity contribution in [2.75, 3.05) is 13.7 Å². The van der Waals surface area contributed by atoms with Gasteiger partial charge in [-0.25, -0.2) is 0 Å². The standard InChI is InChI=1S/C16H26ClNO/c1-12(8-9-18-16(2,3)4)10-13-11-14(17)6-7-15(13)19-5/h6-7,11-12,18H,8-10H2,1-5H3. The Morgan fingerprint density at radius 2 is 2.00 bits per heavy atom. The monoisotopic (exact) mass is 283 g/mol. The molecule has 0 radical (unpaired) electrons. The summed E-state index contributed by atoms with van der Waals surface area (Å²) in [6.07, 6.45) is 2.14. The molecule has 0 aliphatic rings. The maximum absolute atomic E-state index is 6.05. The van der Waals surface area contributed by atoms with E-state index in [1.807, 2.05) is 18.2 Å². The fraction of sp³-hybridized carbons (Fsp3) is 0.625. The van der Waals surface area contributed by atoms with Crippen LogP contribution < -0.4 is 10.1 Å². The summed E-state index contributed by atoms with van der Waals surface area (Å²) < 4.78 is 5.39. The lowest BCUT2D eigenvalue weighted by Crippen LogP contribution is -2.37. The normalized spacial score (nSPS) is 13.4. The van der Waals surface area contributed by atoms with E-state index in [1.54, 1.807) is 7.11 Å². The van der Waals surface area contributed by atoms with Gasteiger partial charge in [-0.05, 0) is 69.8 Å².